The zero-order chi connectivity index (χ0) is 12.7. The number of aliphatic hydroxyl groups excluding tert-OH is 1. The Morgan fingerprint density at radius 2 is 2.28 bits per heavy atom. The second-order valence-corrected chi connectivity index (χ2v) is 6.12. The Kier molecular flexibility index (Phi) is 3.33. The molecule has 1 fully saturated rings. The number of anilines is 1. The van der Waals surface area contributed by atoms with Gasteiger partial charge in [-0.3, -0.25) is 0 Å². The number of nitrogens with zero attached hydrogens (tertiary/aromatic N) is 2. The molecular weight excluding hydrogens is 278 g/mol. The maximum atomic E-state index is 11.9. The smallest absolute Gasteiger partial charge is 0.224 e. The highest BCUT2D eigenvalue weighted by Gasteiger charge is 2.34. The predicted molar refractivity (Wildman–Crippen MR) is 66.3 cm³/mol. The van der Waals surface area contributed by atoms with E-state index in [1.54, 1.807) is 0 Å². The van der Waals surface area contributed by atoms with Gasteiger partial charge in [0, 0.05) is 6.42 Å². The Balaban J connectivity index is 1.91. The number of fused-ring (bicyclic) bond motifs is 1. The second kappa shape index (κ2) is 4.82. The quantitative estimate of drug-likeness (QED) is 0.587. The number of hydrogen-bond acceptors (Lipinski definition) is 6. The Hall–Kier alpha value is -0.600. The third kappa shape index (κ3) is 2.17. The first-order valence-electron chi connectivity index (χ1n) is 5.62. The largest absolute Gasteiger partial charge is 0.611 e. The number of hydrogen-bond donors (Lipinski definition) is 2. The van der Waals surface area contributed by atoms with Gasteiger partial charge in [-0.25, -0.2) is 4.98 Å². The van der Waals surface area contributed by atoms with E-state index in [4.69, 9.17) is 16.3 Å². The molecule has 8 heteroatoms. The van der Waals surface area contributed by atoms with Crippen molar-refractivity contribution in [3.05, 3.63) is 11.0 Å². The molecule has 98 valence electrons. The van der Waals surface area contributed by atoms with Crippen LogP contribution in [0.5, 0.6) is 0 Å². The summed E-state index contributed by atoms with van der Waals surface area (Å²) in [6.45, 7) is 0.686. The highest BCUT2D eigenvalue weighted by Crippen LogP contribution is 2.32. The zero-order valence-corrected chi connectivity index (χ0v) is 11.0. The summed E-state index contributed by atoms with van der Waals surface area (Å²) in [5, 5.41) is 12.9. The lowest BCUT2D eigenvalue weighted by Crippen LogP contribution is -2.32. The molecule has 1 aromatic heterocycles. The highest BCUT2D eigenvalue weighted by molar-refractivity contribution is 7.91. The van der Waals surface area contributed by atoms with Gasteiger partial charge in [-0.05, 0) is 22.8 Å². The molecule has 0 bridgehead atoms. The van der Waals surface area contributed by atoms with E-state index >= 15 is 0 Å². The van der Waals surface area contributed by atoms with Crippen LogP contribution in [0.3, 0.4) is 0 Å². The van der Waals surface area contributed by atoms with Crippen LogP contribution in [0.2, 0.25) is 5.28 Å². The summed E-state index contributed by atoms with van der Waals surface area (Å²) in [4.78, 5) is 8.77. The van der Waals surface area contributed by atoms with E-state index in [9.17, 15) is 9.66 Å². The Labute approximate surface area is 112 Å². The average Bonchev–Trinajstić information content (AvgIpc) is 2.87. The van der Waals surface area contributed by atoms with E-state index in [1.165, 1.54) is 0 Å². The number of aromatic nitrogens is 2. The van der Waals surface area contributed by atoms with Gasteiger partial charge < -0.3 is 19.7 Å². The van der Waals surface area contributed by atoms with Gasteiger partial charge in [0.2, 0.25) is 10.2 Å². The van der Waals surface area contributed by atoms with Crippen LogP contribution in [0, 0.1) is 0 Å². The van der Waals surface area contributed by atoms with Gasteiger partial charge in [-0.15, -0.1) is 0 Å². The van der Waals surface area contributed by atoms with Crippen molar-refractivity contribution in [2.45, 2.75) is 23.5 Å². The Bertz CT molecular complexity index is 476. The van der Waals surface area contributed by atoms with E-state index in [0.29, 0.717) is 36.1 Å². The first kappa shape index (κ1) is 12.4. The third-order valence-electron chi connectivity index (χ3n) is 3.03. The lowest BCUT2D eigenvalue weighted by Gasteiger charge is -2.17. The SMILES string of the molecule is [O-][S@+]1CCc2nc(Cl)nc(N[C@@H]3COC[C@H]3O)c21. The van der Waals surface area contributed by atoms with Crippen LogP contribution in [0.15, 0.2) is 4.90 Å². The topological polar surface area (TPSA) is 90.3 Å². The van der Waals surface area contributed by atoms with Gasteiger partial charge in [0.1, 0.15) is 11.4 Å². The standard InChI is InChI=1S/C10H12ClN3O3S/c11-10-13-5-1-2-18(16)8(5)9(14-10)12-6-3-17-4-7(6)15/h6-7,15H,1-4H2,(H,12,13,14)/t6-,7-,18-/m1/s1. The molecule has 0 radical (unpaired) electrons. The monoisotopic (exact) mass is 289 g/mol. The molecule has 2 aliphatic rings. The minimum Gasteiger partial charge on any atom is -0.611 e. The van der Waals surface area contributed by atoms with E-state index in [-0.39, 0.29) is 11.3 Å². The maximum Gasteiger partial charge on any atom is 0.224 e. The van der Waals surface area contributed by atoms with Gasteiger partial charge in [0.25, 0.3) is 0 Å². The molecule has 3 heterocycles. The van der Waals surface area contributed by atoms with Gasteiger partial charge in [-0.1, -0.05) is 0 Å². The minimum atomic E-state index is -1.10. The van der Waals surface area contributed by atoms with Crippen molar-refractivity contribution >= 4 is 28.6 Å². The fraction of sp³-hybridized carbons (Fsp3) is 0.600. The molecule has 6 nitrogen and oxygen atoms in total. The van der Waals surface area contributed by atoms with Crippen molar-refractivity contribution in [2.75, 3.05) is 24.3 Å². The van der Waals surface area contributed by atoms with Crippen molar-refractivity contribution in [1.29, 1.82) is 0 Å². The van der Waals surface area contributed by atoms with Crippen LogP contribution in [0.1, 0.15) is 5.69 Å². The summed E-state index contributed by atoms with van der Waals surface area (Å²) < 4.78 is 17.1. The third-order valence-corrected chi connectivity index (χ3v) is 4.66. The van der Waals surface area contributed by atoms with Gasteiger partial charge in [0.15, 0.2) is 5.82 Å². The number of halogens is 1. The van der Waals surface area contributed by atoms with Crippen molar-refractivity contribution in [3.8, 4) is 0 Å². The molecule has 0 spiro atoms. The molecule has 0 saturated carbocycles. The van der Waals surface area contributed by atoms with Gasteiger partial charge in [0.05, 0.1) is 25.4 Å². The van der Waals surface area contributed by atoms with E-state index in [0.717, 1.165) is 5.69 Å². The molecule has 1 saturated heterocycles. The molecule has 0 aliphatic carbocycles. The number of aryl methyl sites for hydroxylation is 1. The average molecular weight is 290 g/mol. The van der Waals surface area contributed by atoms with Crippen LogP contribution in [0.4, 0.5) is 5.82 Å². The van der Waals surface area contributed by atoms with Crippen molar-refractivity contribution in [3.63, 3.8) is 0 Å². The lowest BCUT2D eigenvalue weighted by atomic mass is 10.2. The van der Waals surface area contributed by atoms with E-state index < -0.39 is 17.3 Å². The second-order valence-electron chi connectivity index (χ2n) is 4.27. The van der Waals surface area contributed by atoms with Gasteiger partial charge in [-0.2, -0.15) is 4.98 Å². The van der Waals surface area contributed by atoms with Crippen LogP contribution < -0.4 is 5.32 Å². The molecule has 2 N–H and O–H groups in total. The van der Waals surface area contributed by atoms with E-state index in [2.05, 4.69) is 15.3 Å². The summed E-state index contributed by atoms with van der Waals surface area (Å²) in [5.74, 6) is 0.998. The fourth-order valence-corrected chi connectivity index (χ4v) is 3.62. The summed E-state index contributed by atoms with van der Waals surface area (Å²) in [6, 6.07) is -0.252. The number of ether oxygens (including phenoxy) is 1. The number of rotatable bonds is 2. The molecule has 0 aromatic carbocycles. The lowest BCUT2D eigenvalue weighted by molar-refractivity contribution is 0.125. The highest BCUT2D eigenvalue weighted by atomic mass is 35.5. The minimum absolute atomic E-state index is 0.128. The molecule has 18 heavy (non-hydrogen) atoms. The Morgan fingerprint density at radius 3 is 3.00 bits per heavy atom. The van der Waals surface area contributed by atoms with Crippen LogP contribution in [0.25, 0.3) is 0 Å². The molecule has 3 atom stereocenters. The van der Waals surface area contributed by atoms with Crippen LogP contribution >= 0.6 is 11.6 Å². The first-order chi connectivity index (χ1) is 8.65. The van der Waals surface area contributed by atoms with E-state index in [1.807, 2.05) is 0 Å². The fourth-order valence-electron chi connectivity index (χ4n) is 2.12. The molecular formula is C10H12ClN3O3S. The number of aliphatic hydroxyl groups is 1. The van der Waals surface area contributed by atoms with Crippen molar-refractivity contribution in [2.24, 2.45) is 0 Å². The van der Waals surface area contributed by atoms with Crippen LogP contribution in [-0.4, -0.2) is 50.7 Å². The van der Waals surface area contributed by atoms with Crippen LogP contribution in [-0.2, 0) is 22.3 Å². The first-order valence-corrected chi connectivity index (χ1v) is 7.32. The molecule has 0 unspecified atom stereocenters. The Morgan fingerprint density at radius 1 is 1.44 bits per heavy atom. The molecule has 3 rings (SSSR count). The molecule has 2 aliphatic heterocycles. The normalized spacial score (nSPS) is 30.5. The van der Waals surface area contributed by atoms with Crippen molar-refractivity contribution < 1.29 is 14.4 Å². The summed E-state index contributed by atoms with van der Waals surface area (Å²) in [6.07, 6.45) is 0.0481. The predicted octanol–water partition coefficient (Wildman–Crippen LogP) is -0.0347. The summed E-state index contributed by atoms with van der Waals surface area (Å²) in [7, 11) is 0. The molecule has 0 amide bonds. The maximum absolute atomic E-state index is 11.9. The molecule has 1 aromatic rings. The summed E-state index contributed by atoms with van der Waals surface area (Å²) >= 11 is 4.75. The number of nitrogens with one attached hydrogen (secondary N) is 1. The van der Waals surface area contributed by atoms with Crippen molar-refractivity contribution in [1.82, 2.24) is 9.97 Å². The summed E-state index contributed by atoms with van der Waals surface area (Å²) in [5.41, 5.74) is 0.726. The van der Waals surface area contributed by atoms with Gasteiger partial charge >= 0.3 is 0 Å². The zero-order valence-electron chi connectivity index (χ0n) is 9.43.